The first kappa shape index (κ1) is 11.5. The molecule has 2 heterocycles. The normalized spacial score (nSPS) is 10.6. The number of methoxy groups -OCH3 is 2. The largest absolute Gasteiger partial charge is 0.481 e. The van der Waals surface area contributed by atoms with Gasteiger partial charge >= 0.3 is 0 Å². The molecule has 0 radical (unpaired) electrons. The van der Waals surface area contributed by atoms with Crippen molar-refractivity contribution >= 4 is 11.0 Å². The van der Waals surface area contributed by atoms with E-state index in [9.17, 15) is 0 Å². The van der Waals surface area contributed by atoms with Gasteiger partial charge in [0.05, 0.1) is 20.3 Å². The summed E-state index contributed by atoms with van der Waals surface area (Å²) < 4.78 is 16.0. The molecule has 3 rings (SSSR count). The number of fused-ring (bicyclic) bond motifs is 1. The fraction of sp³-hybridized carbons (Fsp3) is 0.143. The van der Waals surface area contributed by atoms with E-state index in [-0.39, 0.29) is 0 Å². The van der Waals surface area contributed by atoms with Crippen LogP contribution in [0.4, 0.5) is 0 Å². The predicted octanol–water partition coefficient (Wildman–Crippen LogP) is 2.91. The molecule has 0 saturated heterocycles. The van der Waals surface area contributed by atoms with Crippen LogP contribution in [-0.2, 0) is 0 Å². The Bertz CT molecular complexity index is 666. The van der Waals surface area contributed by atoms with Gasteiger partial charge in [0.25, 0.3) is 0 Å². The highest BCUT2D eigenvalue weighted by Crippen LogP contribution is 2.28. The first-order valence-corrected chi connectivity index (χ1v) is 5.76. The lowest BCUT2D eigenvalue weighted by Crippen LogP contribution is -1.96. The lowest BCUT2D eigenvalue weighted by molar-refractivity contribution is 0.372. The molecule has 5 heteroatoms. The SMILES string of the molecule is COc1cc(OC)nc(-c2cc3ccccc3o2)n1. The zero-order chi connectivity index (χ0) is 13.2. The van der Waals surface area contributed by atoms with E-state index in [1.165, 1.54) is 0 Å². The standard InChI is InChI=1S/C14H12N2O3/c1-17-12-8-13(18-2)16-14(15-12)11-7-9-5-3-4-6-10(9)19-11/h3-8H,1-2H3. The Kier molecular flexibility index (Phi) is 2.79. The van der Waals surface area contributed by atoms with E-state index in [2.05, 4.69) is 9.97 Å². The number of furan rings is 1. The molecule has 96 valence electrons. The molecule has 0 amide bonds. The summed E-state index contributed by atoms with van der Waals surface area (Å²) in [5.74, 6) is 1.88. The number of hydrogen-bond donors (Lipinski definition) is 0. The third-order valence-electron chi connectivity index (χ3n) is 2.74. The summed E-state index contributed by atoms with van der Waals surface area (Å²) in [4.78, 5) is 8.52. The van der Waals surface area contributed by atoms with Crippen LogP contribution in [0.5, 0.6) is 11.8 Å². The molecule has 1 aromatic carbocycles. The summed E-state index contributed by atoms with van der Waals surface area (Å²) in [6.45, 7) is 0. The van der Waals surface area contributed by atoms with E-state index in [4.69, 9.17) is 13.9 Å². The van der Waals surface area contributed by atoms with Crippen molar-refractivity contribution in [2.45, 2.75) is 0 Å². The van der Waals surface area contributed by atoms with Crippen molar-refractivity contribution < 1.29 is 13.9 Å². The highest BCUT2D eigenvalue weighted by atomic mass is 16.5. The maximum Gasteiger partial charge on any atom is 0.220 e. The highest BCUT2D eigenvalue weighted by molar-refractivity contribution is 5.81. The van der Waals surface area contributed by atoms with Crippen LogP contribution in [0.3, 0.4) is 0 Å². The molecule has 0 N–H and O–H groups in total. The number of ether oxygens (including phenoxy) is 2. The van der Waals surface area contributed by atoms with Gasteiger partial charge in [0.1, 0.15) is 5.58 Å². The molecule has 5 nitrogen and oxygen atoms in total. The number of aromatic nitrogens is 2. The third kappa shape index (κ3) is 2.10. The van der Waals surface area contributed by atoms with Gasteiger partial charge in [-0.1, -0.05) is 18.2 Å². The lowest BCUT2D eigenvalue weighted by Gasteiger charge is -2.04. The van der Waals surface area contributed by atoms with Gasteiger partial charge in [0.2, 0.25) is 17.6 Å². The molecule has 0 spiro atoms. The summed E-state index contributed by atoms with van der Waals surface area (Å²) in [6.07, 6.45) is 0. The molecule has 0 aliphatic rings. The zero-order valence-corrected chi connectivity index (χ0v) is 10.6. The molecule has 0 aliphatic heterocycles. The molecular formula is C14H12N2O3. The topological polar surface area (TPSA) is 57.4 Å². The van der Waals surface area contributed by atoms with Crippen LogP contribution >= 0.6 is 0 Å². The van der Waals surface area contributed by atoms with Crippen LogP contribution in [0.1, 0.15) is 0 Å². The molecule has 19 heavy (non-hydrogen) atoms. The van der Waals surface area contributed by atoms with E-state index in [0.717, 1.165) is 11.0 Å². The van der Waals surface area contributed by atoms with Crippen LogP contribution < -0.4 is 9.47 Å². The second kappa shape index (κ2) is 4.61. The lowest BCUT2D eigenvalue weighted by atomic mass is 10.2. The minimum Gasteiger partial charge on any atom is -0.481 e. The highest BCUT2D eigenvalue weighted by Gasteiger charge is 2.12. The average molecular weight is 256 g/mol. The maximum absolute atomic E-state index is 5.72. The van der Waals surface area contributed by atoms with Gasteiger partial charge in [-0.05, 0) is 12.1 Å². The molecule has 0 aliphatic carbocycles. The number of rotatable bonds is 3. The zero-order valence-electron chi connectivity index (χ0n) is 10.6. The Labute approximate surface area is 109 Å². The van der Waals surface area contributed by atoms with Crippen LogP contribution in [0.25, 0.3) is 22.6 Å². The average Bonchev–Trinajstić information content (AvgIpc) is 2.90. The minimum absolute atomic E-state index is 0.433. The molecule has 0 fully saturated rings. The van der Waals surface area contributed by atoms with E-state index < -0.39 is 0 Å². The van der Waals surface area contributed by atoms with Crippen LogP contribution in [0.15, 0.2) is 40.8 Å². The van der Waals surface area contributed by atoms with Gasteiger partial charge in [-0.2, -0.15) is 9.97 Å². The first-order valence-electron chi connectivity index (χ1n) is 5.76. The van der Waals surface area contributed by atoms with E-state index in [1.807, 2.05) is 30.3 Å². The van der Waals surface area contributed by atoms with E-state index in [0.29, 0.717) is 23.3 Å². The monoisotopic (exact) mass is 256 g/mol. The fourth-order valence-corrected chi connectivity index (χ4v) is 1.82. The minimum atomic E-state index is 0.433. The van der Waals surface area contributed by atoms with Gasteiger partial charge < -0.3 is 13.9 Å². The Morgan fingerprint density at radius 2 is 1.63 bits per heavy atom. The fourth-order valence-electron chi connectivity index (χ4n) is 1.82. The Balaban J connectivity index is 2.14. The number of hydrogen-bond acceptors (Lipinski definition) is 5. The summed E-state index contributed by atoms with van der Waals surface area (Å²) in [6, 6.07) is 11.3. The first-order chi connectivity index (χ1) is 9.30. The predicted molar refractivity (Wildman–Crippen MR) is 70.3 cm³/mol. The molecular weight excluding hydrogens is 244 g/mol. The molecule has 3 aromatic rings. The van der Waals surface area contributed by atoms with E-state index >= 15 is 0 Å². The van der Waals surface area contributed by atoms with Crippen molar-refractivity contribution in [2.75, 3.05) is 14.2 Å². The Morgan fingerprint density at radius 1 is 0.947 bits per heavy atom. The summed E-state index contributed by atoms with van der Waals surface area (Å²) in [7, 11) is 3.09. The van der Waals surface area contributed by atoms with Crippen LogP contribution in [0.2, 0.25) is 0 Å². The molecule has 0 atom stereocenters. The van der Waals surface area contributed by atoms with Crippen molar-refractivity contribution in [1.29, 1.82) is 0 Å². The third-order valence-corrected chi connectivity index (χ3v) is 2.74. The number of benzene rings is 1. The molecule has 2 aromatic heterocycles. The summed E-state index contributed by atoms with van der Waals surface area (Å²) in [5.41, 5.74) is 0.794. The summed E-state index contributed by atoms with van der Waals surface area (Å²) >= 11 is 0. The van der Waals surface area contributed by atoms with Gasteiger partial charge in [-0.25, -0.2) is 0 Å². The van der Waals surface area contributed by atoms with Gasteiger partial charge in [0.15, 0.2) is 5.76 Å². The smallest absolute Gasteiger partial charge is 0.220 e. The van der Waals surface area contributed by atoms with Gasteiger partial charge in [-0.3, -0.25) is 0 Å². The number of nitrogens with zero attached hydrogens (tertiary/aromatic N) is 2. The van der Waals surface area contributed by atoms with Crippen molar-refractivity contribution in [3.8, 4) is 23.3 Å². The quantitative estimate of drug-likeness (QED) is 0.721. The van der Waals surface area contributed by atoms with Crippen molar-refractivity contribution in [1.82, 2.24) is 9.97 Å². The van der Waals surface area contributed by atoms with Crippen molar-refractivity contribution in [3.63, 3.8) is 0 Å². The molecule has 0 bridgehead atoms. The number of para-hydroxylation sites is 1. The van der Waals surface area contributed by atoms with Crippen LogP contribution in [-0.4, -0.2) is 24.2 Å². The van der Waals surface area contributed by atoms with Crippen molar-refractivity contribution in [2.24, 2.45) is 0 Å². The second-order valence-corrected chi connectivity index (χ2v) is 3.92. The Hall–Kier alpha value is -2.56. The second-order valence-electron chi connectivity index (χ2n) is 3.92. The molecule has 0 unspecified atom stereocenters. The molecule has 0 saturated carbocycles. The summed E-state index contributed by atoms with van der Waals surface area (Å²) in [5, 5.41) is 1.00. The van der Waals surface area contributed by atoms with Gasteiger partial charge in [-0.15, -0.1) is 0 Å². The Morgan fingerprint density at radius 3 is 2.26 bits per heavy atom. The van der Waals surface area contributed by atoms with Gasteiger partial charge in [0, 0.05) is 5.39 Å². The maximum atomic E-state index is 5.72. The van der Waals surface area contributed by atoms with Crippen molar-refractivity contribution in [3.05, 3.63) is 36.4 Å². The van der Waals surface area contributed by atoms with Crippen LogP contribution in [0, 0.1) is 0 Å². The van der Waals surface area contributed by atoms with E-state index in [1.54, 1.807) is 20.3 Å².